The third-order valence-electron chi connectivity index (χ3n) is 4.11. The van der Waals surface area contributed by atoms with Gasteiger partial charge in [-0.2, -0.15) is 0 Å². The molecule has 0 saturated carbocycles. The van der Waals surface area contributed by atoms with Crippen molar-refractivity contribution in [3.8, 4) is 17.2 Å². The van der Waals surface area contributed by atoms with Crippen LogP contribution in [0.5, 0.6) is 17.2 Å². The maximum absolute atomic E-state index is 12.1. The van der Waals surface area contributed by atoms with Gasteiger partial charge in [-0.1, -0.05) is 18.2 Å². The predicted molar refractivity (Wildman–Crippen MR) is 109 cm³/mol. The van der Waals surface area contributed by atoms with Crippen LogP contribution < -0.4 is 19.5 Å². The molecule has 7 nitrogen and oxygen atoms in total. The van der Waals surface area contributed by atoms with E-state index >= 15 is 0 Å². The Bertz CT molecular complexity index is 860. The Morgan fingerprint density at radius 1 is 0.966 bits per heavy atom. The lowest BCUT2D eigenvalue weighted by atomic mass is 10.2. The van der Waals surface area contributed by atoms with Crippen molar-refractivity contribution >= 4 is 18.0 Å². The number of esters is 1. The van der Waals surface area contributed by atoms with E-state index in [4.69, 9.17) is 18.9 Å². The fourth-order valence-electron chi connectivity index (χ4n) is 2.46. The molecule has 1 N–H and O–H groups in total. The average Bonchev–Trinajstić information content (AvgIpc) is 2.75. The van der Waals surface area contributed by atoms with E-state index in [0.29, 0.717) is 18.0 Å². The first-order chi connectivity index (χ1) is 14.0. The molecule has 0 aliphatic carbocycles. The Hall–Kier alpha value is -3.48. The summed E-state index contributed by atoms with van der Waals surface area (Å²) in [4.78, 5) is 24.1. The van der Waals surface area contributed by atoms with E-state index in [9.17, 15) is 9.59 Å². The van der Waals surface area contributed by atoms with Gasteiger partial charge in [0.1, 0.15) is 5.75 Å². The average molecular weight is 399 g/mol. The van der Waals surface area contributed by atoms with Crippen LogP contribution in [0.15, 0.2) is 48.5 Å². The Morgan fingerprint density at radius 2 is 1.66 bits per heavy atom. The van der Waals surface area contributed by atoms with Crippen LogP contribution in [0.1, 0.15) is 18.1 Å². The molecule has 2 aromatic rings. The minimum Gasteiger partial charge on any atom is -0.497 e. The highest BCUT2D eigenvalue weighted by molar-refractivity contribution is 5.90. The Kier molecular flexibility index (Phi) is 8.09. The number of benzene rings is 2. The summed E-state index contributed by atoms with van der Waals surface area (Å²) in [7, 11) is 4.67. The number of hydrogen-bond donors (Lipinski definition) is 1. The number of nitrogens with one attached hydrogen (secondary N) is 1. The van der Waals surface area contributed by atoms with Crippen molar-refractivity contribution in [1.29, 1.82) is 0 Å². The molecule has 7 heteroatoms. The van der Waals surface area contributed by atoms with Crippen molar-refractivity contribution in [3.05, 3.63) is 59.7 Å². The summed E-state index contributed by atoms with van der Waals surface area (Å²) in [5.41, 5.74) is 1.64. The monoisotopic (exact) mass is 399 g/mol. The first-order valence-corrected chi connectivity index (χ1v) is 8.98. The van der Waals surface area contributed by atoms with Crippen LogP contribution in [0.2, 0.25) is 0 Å². The van der Waals surface area contributed by atoms with Gasteiger partial charge < -0.3 is 24.3 Å². The summed E-state index contributed by atoms with van der Waals surface area (Å²) in [6.07, 6.45) is 1.91. The maximum atomic E-state index is 12.1. The zero-order chi connectivity index (χ0) is 21.2. The van der Waals surface area contributed by atoms with Crippen molar-refractivity contribution in [2.24, 2.45) is 0 Å². The number of rotatable bonds is 9. The van der Waals surface area contributed by atoms with E-state index in [1.54, 1.807) is 38.5 Å². The minimum absolute atomic E-state index is 0.326. The van der Waals surface area contributed by atoms with Crippen molar-refractivity contribution in [3.63, 3.8) is 0 Å². The quantitative estimate of drug-likeness (QED) is 0.516. The molecule has 0 aromatic heterocycles. The van der Waals surface area contributed by atoms with Gasteiger partial charge in [0.05, 0.1) is 21.3 Å². The van der Waals surface area contributed by atoms with Gasteiger partial charge in [0.2, 0.25) is 0 Å². The van der Waals surface area contributed by atoms with E-state index in [1.807, 2.05) is 24.3 Å². The molecule has 0 radical (unpaired) electrons. The van der Waals surface area contributed by atoms with Crippen molar-refractivity contribution in [1.82, 2.24) is 5.32 Å². The largest absolute Gasteiger partial charge is 0.497 e. The van der Waals surface area contributed by atoms with Gasteiger partial charge in [0, 0.05) is 12.6 Å². The Balaban J connectivity index is 1.85. The van der Waals surface area contributed by atoms with Crippen LogP contribution in [-0.4, -0.2) is 39.3 Å². The fraction of sp³-hybridized carbons (Fsp3) is 0.273. The molecule has 1 atom stereocenters. The lowest BCUT2D eigenvalue weighted by Crippen LogP contribution is -2.35. The van der Waals surface area contributed by atoms with Crippen LogP contribution in [0.3, 0.4) is 0 Å². The maximum Gasteiger partial charge on any atom is 0.331 e. The van der Waals surface area contributed by atoms with Crippen LogP contribution in [0.25, 0.3) is 6.08 Å². The van der Waals surface area contributed by atoms with E-state index in [2.05, 4.69) is 5.32 Å². The third kappa shape index (κ3) is 6.57. The van der Waals surface area contributed by atoms with Gasteiger partial charge >= 0.3 is 5.97 Å². The van der Waals surface area contributed by atoms with Gasteiger partial charge in [-0.25, -0.2) is 4.79 Å². The lowest BCUT2D eigenvalue weighted by Gasteiger charge is -2.12. The second kappa shape index (κ2) is 10.8. The molecule has 0 fully saturated rings. The molecular weight excluding hydrogens is 374 g/mol. The molecule has 0 aliphatic rings. The topological polar surface area (TPSA) is 83.1 Å². The first-order valence-electron chi connectivity index (χ1n) is 8.98. The van der Waals surface area contributed by atoms with Crippen molar-refractivity contribution in [2.75, 3.05) is 21.3 Å². The van der Waals surface area contributed by atoms with Gasteiger partial charge in [-0.15, -0.1) is 0 Å². The van der Waals surface area contributed by atoms with E-state index in [-0.39, 0.29) is 5.91 Å². The molecule has 154 valence electrons. The summed E-state index contributed by atoms with van der Waals surface area (Å²) < 4.78 is 20.6. The molecule has 1 amide bonds. The molecule has 0 heterocycles. The van der Waals surface area contributed by atoms with E-state index in [1.165, 1.54) is 20.1 Å². The number of carbonyl (C=O) groups excluding carboxylic acids is 2. The Morgan fingerprint density at radius 3 is 2.28 bits per heavy atom. The highest BCUT2D eigenvalue weighted by Gasteiger charge is 2.16. The van der Waals surface area contributed by atoms with Gasteiger partial charge in [0.15, 0.2) is 17.6 Å². The van der Waals surface area contributed by atoms with Gasteiger partial charge in [0.25, 0.3) is 5.91 Å². The van der Waals surface area contributed by atoms with Crippen LogP contribution >= 0.6 is 0 Å². The molecule has 0 aliphatic heterocycles. The predicted octanol–water partition coefficient (Wildman–Crippen LogP) is 2.97. The molecule has 2 aromatic carbocycles. The fourth-order valence-corrected chi connectivity index (χ4v) is 2.46. The van der Waals surface area contributed by atoms with Crippen molar-refractivity contribution < 1.29 is 28.5 Å². The number of hydrogen-bond acceptors (Lipinski definition) is 6. The SMILES string of the molecule is COc1ccc(CNC(=O)[C@@H](C)OC(=O)/C=C/c2ccc(OC)c(OC)c2)cc1. The zero-order valence-electron chi connectivity index (χ0n) is 16.9. The first kappa shape index (κ1) is 21.8. The summed E-state index contributed by atoms with van der Waals surface area (Å²) in [6, 6.07) is 12.6. The van der Waals surface area contributed by atoms with Gasteiger partial charge in [-0.05, 0) is 48.4 Å². The molecule has 0 bridgehead atoms. The second-order valence-electron chi connectivity index (χ2n) is 6.09. The van der Waals surface area contributed by atoms with E-state index in [0.717, 1.165) is 16.9 Å². The molecular formula is C22H25NO6. The smallest absolute Gasteiger partial charge is 0.331 e. The molecule has 0 spiro atoms. The Labute approximate surface area is 170 Å². The summed E-state index contributed by atoms with van der Waals surface area (Å²) in [5, 5.41) is 2.73. The second-order valence-corrected chi connectivity index (χ2v) is 6.09. The molecule has 29 heavy (non-hydrogen) atoms. The standard InChI is InChI=1S/C22H25NO6/c1-15(22(25)23-14-17-5-9-18(26-2)10-6-17)29-21(24)12-8-16-7-11-19(27-3)20(13-16)28-4/h5-13,15H,14H2,1-4H3,(H,23,25)/b12-8+/t15-/m1/s1. The lowest BCUT2D eigenvalue weighted by molar-refractivity contribution is -0.150. The van der Waals surface area contributed by atoms with Crippen molar-refractivity contribution in [2.45, 2.75) is 19.6 Å². The number of methoxy groups -OCH3 is 3. The highest BCUT2D eigenvalue weighted by atomic mass is 16.5. The van der Waals surface area contributed by atoms with Crippen LogP contribution in [0.4, 0.5) is 0 Å². The van der Waals surface area contributed by atoms with Crippen LogP contribution in [-0.2, 0) is 20.9 Å². The summed E-state index contributed by atoms with van der Waals surface area (Å²) >= 11 is 0. The number of carbonyl (C=O) groups is 2. The normalized spacial score (nSPS) is 11.6. The number of amides is 1. The summed E-state index contributed by atoms with van der Waals surface area (Å²) in [5.74, 6) is 0.882. The third-order valence-corrected chi connectivity index (χ3v) is 4.11. The minimum atomic E-state index is -0.921. The van der Waals surface area contributed by atoms with Gasteiger partial charge in [-0.3, -0.25) is 4.79 Å². The molecule has 0 saturated heterocycles. The molecule has 2 rings (SSSR count). The highest BCUT2D eigenvalue weighted by Crippen LogP contribution is 2.27. The van der Waals surface area contributed by atoms with Crippen LogP contribution in [0, 0.1) is 0 Å². The molecule has 0 unspecified atom stereocenters. The summed E-state index contributed by atoms with van der Waals surface area (Å²) in [6.45, 7) is 1.84. The zero-order valence-corrected chi connectivity index (χ0v) is 16.9. The van der Waals surface area contributed by atoms with E-state index < -0.39 is 12.1 Å². The number of ether oxygens (including phenoxy) is 4.